The predicted molar refractivity (Wildman–Crippen MR) is 60.2 cm³/mol. The predicted octanol–water partition coefficient (Wildman–Crippen LogP) is 3.87. The Balaban J connectivity index is 0. The van der Waals surface area contributed by atoms with E-state index in [1.807, 2.05) is 26.8 Å². The molecule has 0 bridgehead atoms. The van der Waals surface area contributed by atoms with Crippen molar-refractivity contribution in [2.75, 3.05) is 6.54 Å². The summed E-state index contributed by atoms with van der Waals surface area (Å²) in [6, 6.07) is 0. The van der Waals surface area contributed by atoms with E-state index in [-0.39, 0.29) is 0 Å². The summed E-state index contributed by atoms with van der Waals surface area (Å²) >= 11 is 2.26. The van der Waals surface area contributed by atoms with Gasteiger partial charge < -0.3 is 4.31 Å². The van der Waals surface area contributed by atoms with Crippen molar-refractivity contribution in [2.24, 2.45) is 0 Å². The van der Waals surface area contributed by atoms with Crippen LogP contribution in [0.15, 0.2) is 12.3 Å². The van der Waals surface area contributed by atoms with Gasteiger partial charge in [-0.15, -0.1) is 0 Å². The van der Waals surface area contributed by atoms with Crippen molar-refractivity contribution >= 4 is 30.3 Å². The highest BCUT2D eigenvalue weighted by molar-refractivity contribution is 14.2. The van der Waals surface area contributed by atoms with Crippen LogP contribution in [0.3, 0.4) is 0 Å². The minimum absolute atomic E-state index is 1.07. The van der Waals surface area contributed by atoms with Crippen LogP contribution in [0.2, 0.25) is 0 Å². The van der Waals surface area contributed by atoms with Crippen LogP contribution in [0, 0.1) is 0 Å². The van der Waals surface area contributed by atoms with Crippen LogP contribution in [0.5, 0.6) is 0 Å². The van der Waals surface area contributed by atoms with E-state index < -0.39 is 0 Å². The lowest BCUT2D eigenvalue weighted by Gasteiger charge is -2.10. The molecule has 0 atom stereocenters. The number of nitrogens with zero attached hydrogens (tertiary/aromatic N) is 1. The molecule has 0 saturated carbocycles. The van der Waals surface area contributed by atoms with E-state index in [1.54, 1.807) is 9.12 Å². The van der Waals surface area contributed by atoms with Crippen molar-refractivity contribution in [1.29, 1.82) is 0 Å². The highest BCUT2D eigenvalue weighted by atomic mass is 127. The third-order valence-electron chi connectivity index (χ3n) is 0.716. The molecule has 0 unspecified atom stereocenters. The smallest absolute Gasteiger partial charge is 0.0267 e. The highest BCUT2D eigenvalue weighted by Gasteiger charge is 1.87. The minimum atomic E-state index is 1.07. The summed E-state index contributed by atoms with van der Waals surface area (Å²) in [5, 5.41) is 0. The second kappa shape index (κ2) is 12.3. The molecule has 0 aromatic rings. The first-order valence-electron chi connectivity index (χ1n) is 3.53. The van der Waals surface area contributed by atoms with Gasteiger partial charge in [-0.05, 0) is 13.8 Å². The van der Waals surface area contributed by atoms with Crippen LogP contribution in [0.1, 0.15) is 27.7 Å². The lowest BCUT2D eigenvalue weighted by atomic mass is 10.6. The fraction of sp³-hybridized carbons (Fsp3) is 0.714. The van der Waals surface area contributed by atoms with Gasteiger partial charge in [0, 0.05) is 43.1 Å². The zero-order valence-electron chi connectivity index (χ0n) is 7.10. The average molecular weight is 273 g/mol. The van der Waals surface area contributed by atoms with Gasteiger partial charge in [-0.3, -0.25) is 0 Å². The molecule has 0 aromatic carbocycles. The van der Waals surface area contributed by atoms with Gasteiger partial charge >= 0.3 is 0 Å². The van der Waals surface area contributed by atoms with Crippen LogP contribution in [0.25, 0.3) is 0 Å². The van der Waals surface area contributed by atoms with E-state index in [0.29, 0.717) is 0 Å². The van der Waals surface area contributed by atoms with Gasteiger partial charge in [0.2, 0.25) is 0 Å². The minimum Gasteiger partial charge on any atom is -0.315 e. The van der Waals surface area contributed by atoms with E-state index in [2.05, 4.69) is 38.6 Å². The summed E-state index contributed by atoms with van der Waals surface area (Å²) in [4.78, 5) is 0. The van der Waals surface area contributed by atoms with Crippen molar-refractivity contribution in [3.63, 3.8) is 0 Å². The quantitative estimate of drug-likeness (QED) is 0.567. The molecule has 0 aromatic heterocycles. The molecule has 0 aliphatic heterocycles. The second-order valence-electron chi connectivity index (χ2n) is 1.28. The van der Waals surface area contributed by atoms with Crippen LogP contribution in [-0.4, -0.2) is 10.8 Å². The van der Waals surface area contributed by atoms with Gasteiger partial charge in [0.1, 0.15) is 0 Å². The van der Waals surface area contributed by atoms with Gasteiger partial charge in [-0.25, -0.2) is 0 Å². The van der Waals surface area contributed by atoms with Crippen molar-refractivity contribution in [3.8, 4) is 0 Å². The lowest BCUT2D eigenvalue weighted by Crippen LogP contribution is -2.02. The second-order valence-corrected chi connectivity index (χ2v) is 3.07. The molecule has 3 heteroatoms. The van der Waals surface area contributed by atoms with Gasteiger partial charge in [-0.1, -0.05) is 19.9 Å². The Hall–Kier alpha value is 0.620. The molecular weight excluding hydrogens is 257 g/mol. The van der Waals surface area contributed by atoms with Crippen LogP contribution in [0.4, 0.5) is 0 Å². The standard InChI is InChI=1S/C5H10INS.C2H6/c1-3-5-7(4-2)8-6;1-2/h3,5H,4H2,1-2H3;1-2H3/b5-3-;. The van der Waals surface area contributed by atoms with Crippen LogP contribution < -0.4 is 0 Å². The molecule has 62 valence electrons. The summed E-state index contributed by atoms with van der Waals surface area (Å²) in [6.45, 7) is 9.22. The van der Waals surface area contributed by atoms with Crippen molar-refractivity contribution in [3.05, 3.63) is 12.3 Å². The molecular formula is C7H16INS. The third-order valence-corrected chi connectivity index (χ3v) is 2.79. The number of halogens is 1. The monoisotopic (exact) mass is 273 g/mol. The Morgan fingerprint density at radius 3 is 2.10 bits per heavy atom. The maximum atomic E-state index is 2.26. The molecule has 0 heterocycles. The van der Waals surface area contributed by atoms with E-state index in [9.17, 15) is 0 Å². The average Bonchev–Trinajstić information content (AvgIpc) is 2.04. The molecule has 0 aliphatic carbocycles. The zero-order valence-corrected chi connectivity index (χ0v) is 10.1. The van der Waals surface area contributed by atoms with Gasteiger partial charge in [0.25, 0.3) is 0 Å². The molecule has 0 spiro atoms. The fourth-order valence-corrected chi connectivity index (χ4v) is 1.84. The van der Waals surface area contributed by atoms with Crippen molar-refractivity contribution in [2.45, 2.75) is 27.7 Å². The molecule has 0 saturated heterocycles. The third kappa shape index (κ3) is 8.62. The van der Waals surface area contributed by atoms with Gasteiger partial charge in [0.05, 0.1) is 0 Å². The van der Waals surface area contributed by atoms with Crippen LogP contribution in [-0.2, 0) is 0 Å². The molecule has 0 rings (SSSR count). The topological polar surface area (TPSA) is 3.24 Å². The Labute approximate surface area is 81.0 Å². The Morgan fingerprint density at radius 2 is 2.00 bits per heavy atom. The number of hydrogen-bond donors (Lipinski definition) is 0. The number of allylic oxidation sites excluding steroid dienone is 1. The van der Waals surface area contributed by atoms with Crippen molar-refractivity contribution in [1.82, 2.24) is 4.31 Å². The Kier molecular flexibility index (Phi) is 16.3. The molecule has 10 heavy (non-hydrogen) atoms. The normalized spacial score (nSPS) is 8.90. The Morgan fingerprint density at radius 1 is 1.50 bits per heavy atom. The number of hydrogen-bond acceptors (Lipinski definition) is 2. The summed E-state index contributed by atoms with van der Waals surface area (Å²) in [5.41, 5.74) is 0. The SMILES string of the molecule is C/C=C\N(CC)SI.CC. The molecule has 0 N–H and O–H groups in total. The molecule has 0 fully saturated rings. The zero-order chi connectivity index (χ0) is 8.41. The van der Waals surface area contributed by atoms with E-state index in [0.717, 1.165) is 6.54 Å². The number of rotatable bonds is 3. The first kappa shape index (κ1) is 13.2. The highest BCUT2D eigenvalue weighted by Crippen LogP contribution is 2.17. The van der Waals surface area contributed by atoms with Gasteiger partial charge in [0.15, 0.2) is 0 Å². The summed E-state index contributed by atoms with van der Waals surface area (Å²) < 4.78 is 2.15. The van der Waals surface area contributed by atoms with Crippen LogP contribution >= 0.6 is 30.3 Å². The van der Waals surface area contributed by atoms with Crippen molar-refractivity contribution < 1.29 is 0 Å². The van der Waals surface area contributed by atoms with E-state index >= 15 is 0 Å². The first-order valence-corrected chi connectivity index (χ1v) is 6.85. The molecule has 1 nitrogen and oxygen atoms in total. The largest absolute Gasteiger partial charge is 0.315 e. The summed E-state index contributed by atoms with van der Waals surface area (Å²) in [5.74, 6) is 0. The molecule has 0 amide bonds. The van der Waals surface area contributed by atoms with E-state index in [1.165, 1.54) is 0 Å². The molecule has 0 radical (unpaired) electrons. The molecule has 0 aliphatic rings. The maximum absolute atomic E-state index is 2.26. The maximum Gasteiger partial charge on any atom is 0.0267 e. The van der Waals surface area contributed by atoms with Gasteiger partial charge in [-0.2, -0.15) is 0 Å². The fourth-order valence-electron chi connectivity index (χ4n) is 0.343. The summed E-state index contributed by atoms with van der Waals surface area (Å²) in [6.07, 6.45) is 4.10. The Bertz CT molecular complexity index is 72.0. The summed E-state index contributed by atoms with van der Waals surface area (Å²) in [7, 11) is 1.71. The lowest BCUT2D eigenvalue weighted by molar-refractivity contribution is 0.666. The van der Waals surface area contributed by atoms with E-state index in [4.69, 9.17) is 0 Å². The first-order chi connectivity index (χ1) is 4.85.